The molecule has 1 atom stereocenters. The van der Waals surface area contributed by atoms with E-state index in [-0.39, 0.29) is 17.2 Å². The molecule has 0 saturated carbocycles. The second-order valence-electron chi connectivity index (χ2n) is 6.16. The zero-order valence-corrected chi connectivity index (χ0v) is 12.2. The lowest BCUT2D eigenvalue weighted by Gasteiger charge is -2.24. The third-order valence-electron chi connectivity index (χ3n) is 2.89. The summed E-state index contributed by atoms with van der Waals surface area (Å²) in [6.45, 7) is 7.09. The highest BCUT2D eigenvalue weighted by molar-refractivity contribution is 5.34. The van der Waals surface area contributed by atoms with Crippen molar-refractivity contribution in [3.8, 4) is 0 Å². The zero-order valence-electron chi connectivity index (χ0n) is 12.2. The Bertz CT molecular complexity index is 463. The van der Waals surface area contributed by atoms with Gasteiger partial charge in [0.2, 0.25) is 0 Å². The standard InChI is InChI=1S/C14H17F6N/c1-8(21-12(2,3)4)9-5-10(13(15,16)17)7-11(6-9)14(18,19)20/h5-8,21H,1-4H3/p+1/t8-/m1/s1. The van der Waals surface area contributed by atoms with Gasteiger partial charge in [0.05, 0.1) is 16.7 Å². The largest absolute Gasteiger partial charge is 0.416 e. The minimum Gasteiger partial charge on any atom is -0.336 e. The van der Waals surface area contributed by atoms with Gasteiger partial charge in [-0.05, 0) is 45.9 Å². The van der Waals surface area contributed by atoms with Crippen LogP contribution in [0.25, 0.3) is 0 Å². The Hall–Kier alpha value is -1.24. The van der Waals surface area contributed by atoms with Crippen molar-refractivity contribution >= 4 is 0 Å². The van der Waals surface area contributed by atoms with Gasteiger partial charge in [-0.25, -0.2) is 0 Å². The molecule has 1 aromatic rings. The molecule has 1 rings (SSSR count). The molecule has 0 spiro atoms. The molecular weight excluding hydrogens is 296 g/mol. The number of nitrogens with two attached hydrogens (primary N) is 1. The predicted molar refractivity (Wildman–Crippen MR) is 66.5 cm³/mol. The molecule has 0 aromatic heterocycles. The lowest BCUT2D eigenvalue weighted by atomic mass is 9.98. The first-order chi connectivity index (χ1) is 9.20. The van der Waals surface area contributed by atoms with E-state index >= 15 is 0 Å². The molecule has 0 aliphatic carbocycles. The molecule has 0 radical (unpaired) electrons. The van der Waals surface area contributed by atoms with Crippen molar-refractivity contribution in [1.82, 2.24) is 0 Å². The summed E-state index contributed by atoms with van der Waals surface area (Å²) in [4.78, 5) is 0. The SMILES string of the molecule is C[C@@H]([NH2+]C(C)(C)C)c1cc(C(F)(F)F)cc(C(F)(F)F)c1. The number of halogens is 6. The molecule has 1 aromatic carbocycles. The first-order valence-electron chi connectivity index (χ1n) is 6.35. The Kier molecular flexibility index (Phi) is 4.68. The molecule has 0 bridgehead atoms. The maximum absolute atomic E-state index is 12.8. The Balaban J connectivity index is 3.32. The maximum Gasteiger partial charge on any atom is 0.416 e. The minimum atomic E-state index is -4.81. The number of rotatable bonds is 2. The van der Waals surface area contributed by atoms with Gasteiger partial charge < -0.3 is 5.32 Å². The zero-order chi connectivity index (χ0) is 16.6. The Morgan fingerprint density at radius 3 is 1.48 bits per heavy atom. The lowest BCUT2D eigenvalue weighted by Crippen LogP contribution is -2.94. The van der Waals surface area contributed by atoms with Crippen molar-refractivity contribution in [3.05, 3.63) is 34.9 Å². The maximum atomic E-state index is 12.8. The van der Waals surface area contributed by atoms with Gasteiger partial charge in [-0.1, -0.05) is 0 Å². The van der Waals surface area contributed by atoms with Gasteiger partial charge in [0.1, 0.15) is 6.04 Å². The highest BCUT2D eigenvalue weighted by Crippen LogP contribution is 2.37. The number of hydrogen-bond acceptors (Lipinski definition) is 0. The van der Waals surface area contributed by atoms with Gasteiger partial charge in [0.25, 0.3) is 0 Å². The van der Waals surface area contributed by atoms with E-state index in [2.05, 4.69) is 0 Å². The topological polar surface area (TPSA) is 16.6 Å². The molecule has 21 heavy (non-hydrogen) atoms. The third kappa shape index (κ3) is 5.22. The van der Waals surface area contributed by atoms with Crippen molar-refractivity contribution < 1.29 is 31.7 Å². The molecule has 1 nitrogen and oxygen atoms in total. The van der Waals surface area contributed by atoms with Crippen LogP contribution >= 0.6 is 0 Å². The second-order valence-corrected chi connectivity index (χ2v) is 6.16. The van der Waals surface area contributed by atoms with Gasteiger partial charge in [-0.2, -0.15) is 26.3 Å². The van der Waals surface area contributed by atoms with Gasteiger partial charge in [-0.15, -0.1) is 0 Å². The summed E-state index contributed by atoms with van der Waals surface area (Å²) >= 11 is 0. The molecule has 0 saturated heterocycles. The summed E-state index contributed by atoms with van der Waals surface area (Å²) in [6, 6.07) is 1.19. The van der Waals surface area contributed by atoms with E-state index in [0.29, 0.717) is 0 Å². The summed E-state index contributed by atoms with van der Waals surface area (Å²) < 4.78 is 76.6. The van der Waals surface area contributed by atoms with Crippen molar-refractivity contribution in [2.45, 2.75) is 51.6 Å². The lowest BCUT2D eigenvalue weighted by molar-refractivity contribution is -0.751. The fourth-order valence-electron chi connectivity index (χ4n) is 2.09. The van der Waals surface area contributed by atoms with Crippen LogP contribution < -0.4 is 5.32 Å². The molecule has 0 aliphatic heterocycles. The second kappa shape index (κ2) is 5.51. The molecule has 120 valence electrons. The highest BCUT2D eigenvalue weighted by atomic mass is 19.4. The van der Waals surface area contributed by atoms with Crippen LogP contribution in [0, 0.1) is 0 Å². The Morgan fingerprint density at radius 2 is 1.19 bits per heavy atom. The van der Waals surface area contributed by atoms with E-state index in [1.807, 2.05) is 20.8 Å². The molecule has 0 heterocycles. The molecule has 0 fully saturated rings. The van der Waals surface area contributed by atoms with Crippen LogP contribution in [-0.4, -0.2) is 5.54 Å². The fraction of sp³-hybridized carbons (Fsp3) is 0.571. The normalized spacial score (nSPS) is 15.1. The number of quaternary nitrogens is 1. The number of alkyl halides is 6. The summed E-state index contributed by atoms with van der Waals surface area (Å²) in [5.41, 5.74) is -2.86. The van der Waals surface area contributed by atoms with Gasteiger partial charge in [0, 0.05) is 5.56 Å². The molecule has 7 heteroatoms. The van der Waals surface area contributed by atoms with Crippen LogP contribution in [0.3, 0.4) is 0 Å². The monoisotopic (exact) mass is 314 g/mol. The van der Waals surface area contributed by atoms with Gasteiger partial charge >= 0.3 is 12.4 Å². The van der Waals surface area contributed by atoms with Gasteiger partial charge in [0.15, 0.2) is 0 Å². The summed E-state index contributed by atoms with van der Waals surface area (Å²) in [6.07, 6.45) is -9.62. The molecule has 2 N–H and O–H groups in total. The van der Waals surface area contributed by atoms with E-state index in [1.54, 1.807) is 12.2 Å². The average Bonchev–Trinajstić information content (AvgIpc) is 2.23. The predicted octanol–water partition coefficient (Wildman–Crippen LogP) is 4.15. The minimum absolute atomic E-state index is 0.00655. The Labute approximate surface area is 119 Å². The first-order valence-corrected chi connectivity index (χ1v) is 6.35. The highest BCUT2D eigenvalue weighted by Gasteiger charge is 2.37. The summed E-state index contributed by atoms with van der Waals surface area (Å²) in [7, 11) is 0. The molecule has 0 unspecified atom stereocenters. The van der Waals surface area contributed by atoms with E-state index in [1.165, 1.54) is 0 Å². The van der Waals surface area contributed by atoms with Crippen LogP contribution in [-0.2, 0) is 12.4 Å². The van der Waals surface area contributed by atoms with Crippen LogP contribution in [0.2, 0.25) is 0 Å². The molecular formula is C14H18F6N+. The van der Waals surface area contributed by atoms with Crippen molar-refractivity contribution in [2.24, 2.45) is 0 Å². The summed E-state index contributed by atoms with van der Waals surface area (Å²) in [5.74, 6) is 0. The van der Waals surface area contributed by atoms with Crippen molar-refractivity contribution in [1.29, 1.82) is 0 Å². The van der Waals surface area contributed by atoms with Crippen LogP contribution in [0.4, 0.5) is 26.3 Å². The van der Waals surface area contributed by atoms with E-state index < -0.39 is 29.5 Å². The van der Waals surface area contributed by atoms with Crippen molar-refractivity contribution in [2.75, 3.05) is 0 Å². The van der Waals surface area contributed by atoms with Gasteiger partial charge in [-0.3, -0.25) is 0 Å². The van der Waals surface area contributed by atoms with Crippen LogP contribution in [0.1, 0.15) is 50.4 Å². The first kappa shape index (κ1) is 17.8. The van der Waals surface area contributed by atoms with E-state index in [4.69, 9.17) is 0 Å². The van der Waals surface area contributed by atoms with Crippen molar-refractivity contribution in [3.63, 3.8) is 0 Å². The Morgan fingerprint density at radius 1 is 0.810 bits per heavy atom. The number of benzene rings is 1. The molecule has 0 aliphatic rings. The molecule has 0 amide bonds. The van der Waals surface area contributed by atoms with Crippen LogP contribution in [0.5, 0.6) is 0 Å². The van der Waals surface area contributed by atoms with Crippen LogP contribution in [0.15, 0.2) is 18.2 Å². The number of hydrogen-bond donors (Lipinski definition) is 1. The smallest absolute Gasteiger partial charge is 0.336 e. The van der Waals surface area contributed by atoms with E-state index in [0.717, 1.165) is 12.1 Å². The van der Waals surface area contributed by atoms with E-state index in [9.17, 15) is 26.3 Å². The average molecular weight is 314 g/mol. The quantitative estimate of drug-likeness (QED) is 0.790. The summed E-state index contributed by atoms with van der Waals surface area (Å²) in [5, 5.41) is 1.72. The fourth-order valence-corrected chi connectivity index (χ4v) is 2.09. The third-order valence-corrected chi connectivity index (χ3v) is 2.89.